The summed E-state index contributed by atoms with van der Waals surface area (Å²) in [4.78, 5) is 24.6. The topological polar surface area (TPSA) is 61.4 Å². The molecular weight excluding hydrogens is 218 g/mol. The number of amides is 2. The number of nitrogens with one attached hydrogen (secondary N) is 2. The van der Waals surface area contributed by atoms with E-state index in [2.05, 4.69) is 10.6 Å². The zero-order chi connectivity index (χ0) is 13.5. The Morgan fingerprint density at radius 1 is 1.24 bits per heavy atom. The molecule has 5 heteroatoms. The summed E-state index contributed by atoms with van der Waals surface area (Å²) in [7, 11) is 1.64. The molecule has 0 aromatic carbocycles. The van der Waals surface area contributed by atoms with Crippen LogP contribution in [-0.4, -0.2) is 48.9 Å². The van der Waals surface area contributed by atoms with E-state index in [1.807, 2.05) is 27.7 Å². The van der Waals surface area contributed by atoms with E-state index < -0.39 is 0 Å². The summed E-state index contributed by atoms with van der Waals surface area (Å²) >= 11 is 0. The number of rotatable bonds is 6. The highest BCUT2D eigenvalue weighted by atomic mass is 16.2. The summed E-state index contributed by atoms with van der Waals surface area (Å²) in [6.45, 7) is 8.98. The molecule has 5 nitrogen and oxygen atoms in total. The average Bonchev–Trinajstić information content (AvgIpc) is 2.14. The van der Waals surface area contributed by atoms with Crippen molar-refractivity contribution in [1.82, 2.24) is 15.5 Å². The predicted molar refractivity (Wildman–Crippen MR) is 68.7 cm³/mol. The van der Waals surface area contributed by atoms with Gasteiger partial charge in [-0.05, 0) is 33.7 Å². The molecule has 0 rings (SSSR count). The van der Waals surface area contributed by atoms with Crippen molar-refractivity contribution < 1.29 is 9.59 Å². The number of carbonyl (C=O) groups excluding carboxylic acids is 2. The Morgan fingerprint density at radius 3 is 2.29 bits per heavy atom. The zero-order valence-electron chi connectivity index (χ0n) is 11.6. The maximum atomic E-state index is 11.6. The van der Waals surface area contributed by atoms with Gasteiger partial charge in [-0.15, -0.1) is 0 Å². The average molecular weight is 243 g/mol. The lowest BCUT2D eigenvalue weighted by atomic mass is 10.1. The van der Waals surface area contributed by atoms with E-state index in [1.54, 1.807) is 7.05 Å². The van der Waals surface area contributed by atoms with Crippen LogP contribution in [0.5, 0.6) is 0 Å². The lowest BCUT2D eigenvalue weighted by Crippen LogP contribution is -2.47. The third-order valence-electron chi connectivity index (χ3n) is 2.02. The highest BCUT2D eigenvalue weighted by Crippen LogP contribution is 1.98. The van der Waals surface area contributed by atoms with Gasteiger partial charge in [0.2, 0.25) is 11.8 Å². The Morgan fingerprint density at radius 2 is 1.82 bits per heavy atom. The highest BCUT2D eigenvalue weighted by Gasteiger charge is 2.17. The summed E-state index contributed by atoms with van der Waals surface area (Å²) in [6, 6.07) is 0. The van der Waals surface area contributed by atoms with Crippen molar-refractivity contribution in [2.24, 2.45) is 0 Å². The molecule has 2 amide bonds. The summed E-state index contributed by atoms with van der Waals surface area (Å²) in [5.74, 6) is -0.202. The number of likely N-dealkylation sites (N-methyl/N-ethyl adjacent to an activating group) is 1. The molecular formula is C12H25N3O2. The molecule has 0 heterocycles. The van der Waals surface area contributed by atoms with Gasteiger partial charge >= 0.3 is 0 Å². The monoisotopic (exact) mass is 243 g/mol. The van der Waals surface area contributed by atoms with Crippen LogP contribution in [0.4, 0.5) is 0 Å². The summed E-state index contributed by atoms with van der Waals surface area (Å²) in [5, 5.41) is 5.83. The first-order chi connectivity index (χ1) is 7.76. The summed E-state index contributed by atoms with van der Waals surface area (Å²) in [5.41, 5.74) is -0.262. The molecule has 0 radical (unpaired) electrons. The molecule has 0 saturated carbocycles. The van der Waals surface area contributed by atoms with Crippen molar-refractivity contribution in [3.05, 3.63) is 0 Å². The molecule has 0 aromatic rings. The number of hydrogen-bond donors (Lipinski definition) is 2. The maximum Gasteiger partial charge on any atom is 0.240 e. The predicted octanol–water partition coefficient (Wildman–Crippen LogP) is 0.359. The van der Waals surface area contributed by atoms with Gasteiger partial charge in [0.1, 0.15) is 0 Å². The molecule has 0 spiro atoms. The molecule has 0 aliphatic heterocycles. The van der Waals surface area contributed by atoms with Crippen molar-refractivity contribution in [2.75, 3.05) is 26.7 Å². The van der Waals surface area contributed by atoms with Gasteiger partial charge in [0.15, 0.2) is 0 Å². The van der Waals surface area contributed by atoms with Crippen LogP contribution in [0.25, 0.3) is 0 Å². The second kappa shape index (κ2) is 7.27. The molecule has 0 aromatic heterocycles. The Kier molecular flexibility index (Phi) is 6.80. The van der Waals surface area contributed by atoms with Crippen LogP contribution in [0.2, 0.25) is 0 Å². The molecule has 100 valence electrons. The van der Waals surface area contributed by atoms with E-state index in [-0.39, 0.29) is 30.4 Å². The number of nitrogens with zero attached hydrogens (tertiary/aromatic N) is 1. The van der Waals surface area contributed by atoms with Crippen molar-refractivity contribution in [3.63, 3.8) is 0 Å². The van der Waals surface area contributed by atoms with Crippen LogP contribution in [-0.2, 0) is 9.59 Å². The Bertz CT molecular complexity index is 259. The highest BCUT2D eigenvalue weighted by molar-refractivity contribution is 5.85. The lowest BCUT2D eigenvalue weighted by Gasteiger charge is -2.23. The van der Waals surface area contributed by atoms with Crippen LogP contribution in [0.3, 0.4) is 0 Å². The fourth-order valence-corrected chi connectivity index (χ4v) is 1.27. The van der Waals surface area contributed by atoms with Gasteiger partial charge in [-0.25, -0.2) is 0 Å². The van der Waals surface area contributed by atoms with Gasteiger partial charge in [-0.1, -0.05) is 6.92 Å². The van der Waals surface area contributed by atoms with Gasteiger partial charge in [-0.2, -0.15) is 0 Å². The first-order valence-electron chi connectivity index (χ1n) is 6.02. The van der Waals surface area contributed by atoms with Crippen molar-refractivity contribution in [2.45, 2.75) is 39.7 Å². The molecule has 0 atom stereocenters. The minimum Gasteiger partial charge on any atom is -0.350 e. The van der Waals surface area contributed by atoms with Crippen molar-refractivity contribution in [3.8, 4) is 0 Å². The molecule has 0 fully saturated rings. The van der Waals surface area contributed by atoms with Gasteiger partial charge in [0.05, 0.1) is 13.1 Å². The summed E-state index contributed by atoms with van der Waals surface area (Å²) < 4.78 is 0. The van der Waals surface area contributed by atoms with Crippen LogP contribution >= 0.6 is 0 Å². The maximum absolute atomic E-state index is 11.6. The second-order valence-corrected chi connectivity index (χ2v) is 5.22. The van der Waals surface area contributed by atoms with Gasteiger partial charge in [0.25, 0.3) is 0 Å². The molecule has 0 aliphatic rings. The first-order valence-corrected chi connectivity index (χ1v) is 6.02. The normalized spacial score (nSPS) is 11.1. The van der Waals surface area contributed by atoms with Gasteiger partial charge in [-0.3, -0.25) is 9.59 Å². The van der Waals surface area contributed by atoms with Crippen LogP contribution in [0.15, 0.2) is 0 Å². The van der Waals surface area contributed by atoms with Crippen molar-refractivity contribution >= 4 is 11.8 Å². The van der Waals surface area contributed by atoms with E-state index >= 15 is 0 Å². The second-order valence-electron chi connectivity index (χ2n) is 5.22. The molecule has 0 aliphatic carbocycles. The van der Waals surface area contributed by atoms with Crippen LogP contribution in [0.1, 0.15) is 34.1 Å². The number of hydrogen-bond acceptors (Lipinski definition) is 3. The molecule has 0 unspecified atom stereocenters. The molecule has 2 N–H and O–H groups in total. The third kappa shape index (κ3) is 8.68. The third-order valence-corrected chi connectivity index (χ3v) is 2.02. The minimum atomic E-state index is -0.262. The number of carbonyl (C=O) groups is 2. The van der Waals surface area contributed by atoms with Gasteiger partial charge < -0.3 is 15.5 Å². The Balaban J connectivity index is 3.95. The van der Waals surface area contributed by atoms with Crippen molar-refractivity contribution in [1.29, 1.82) is 0 Å². The largest absolute Gasteiger partial charge is 0.350 e. The Hall–Kier alpha value is -1.10. The van der Waals surface area contributed by atoms with Crippen LogP contribution in [0, 0.1) is 0 Å². The quantitative estimate of drug-likeness (QED) is 0.662. The Labute approximate surface area is 104 Å². The van der Waals surface area contributed by atoms with E-state index in [4.69, 9.17) is 0 Å². The fraction of sp³-hybridized carbons (Fsp3) is 0.833. The molecule has 17 heavy (non-hydrogen) atoms. The fourth-order valence-electron chi connectivity index (χ4n) is 1.27. The van der Waals surface area contributed by atoms with Gasteiger partial charge in [0, 0.05) is 12.6 Å². The van der Waals surface area contributed by atoms with E-state index in [0.717, 1.165) is 13.0 Å². The SMILES string of the molecule is CCCNCC(=O)N(C)CC(=O)NC(C)(C)C. The standard InChI is InChI=1S/C12H25N3O2/c1-6-7-13-8-11(17)15(5)9-10(16)14-12(2,3)4/h13H,6-9H2,1-5H3,(H,14,16). The minimum absolute atomic E-state index is 0.0671. The lowest BCUT2D eigenvalue weighted by molar-refractivity contribution is -0.134. The van der Waals surface area contributed by atoms with E-state index in [1.165, 1.54) is 4.90 Å². The van der Waals surface area contributed by atoms with Crippen LogP contribution < -0.4 is 10.6 Å². The first kappa shape index (κ1) is 15.9. The molecule has 0 bridgehead atoms. The molecule has 0 saturated heterocycles. The smallest absolute Gasteiger partial charge is 0.240 e. The zero-order valence-corrected chi connectivity index (χ0v) is 11.6. The van der Waals surface area contributed by atoms with E-state index in [9.17, 15) is 9.59 Å². The van der Waals surface area contributed by atoms with E-state index in [0.29, 0.717) is 0 Å². The summed E-state index contributed by atoms with van der Waals surface area (Å²) in [6.07, 6.45) is 0.988.